The normalized spacial score (nSPS) is 21.4. The summed E-state index contributed by atoms with van der Waals surface area (Å²) in [4.78, 5) is 22.1. The number of para-hydroxylation sites is 1. The Morgan fingerprint density at radius 3 is 2.74 bits per heavy atom. The summed E-state index contributed by atoms with van der Waals surface area (Å²) in [5.74, 6) is -0.484. The number of hydrogen-bond donors (Lipinski definition) is 2. The molecule has 7 heteroatoms. The highest BCUT2D eigenvalue weighted by atomic mass is 16.6. The minimum Gasteiger partial charge on any atom is -0.483 e. The van der Waals surface area contributed by atoms with Crippen molar-refractivity contribution in [1.29, 1.82) is 0 Å². The Morgan fingerprint density at radius 2 is 2.21 bits per heavy atom. The molecule has 0 unspecified atom stereocenters. The molecule has 0 saturated heterocycles. The average molecular weight is 266 g/mol. The van der Waals surface area contributed by atoms with Gasteiger partial charge >= 0.3 is 5.69 Å². The summed E-state index contributed by atoms with van der Waals surface area (Å²) in [6.45, 7) is 0. The summed E-state index contributed by atoms with van der Waals surface area (Å²) < 4.78 is 5.50. The molecule has 0 heterocycles. The number of nitro groups is 1. The van der Waals surface area contributed by atoms with Gasteiger partial charge in [0.1, 0.15) is 6.10 Å². The fourth-order valence-electron chi connectivity index (χ4n) is 1.91. The quantitative estimate of drug-likeness (QED) is 0.621. The first kappa shape index (κ1) is 13.3. The SMILES string of the molecule is CNC(=O)c1cccc([N+](=O)[O-])c1OC1CC(O)C1. The predicted octanol–water partition coefficient (Wildman–Crippen LogP) is 0.856. The van der Waals surface area contributed by atoms with Gasteiger partial charge in [0, 0.05) is 26.0 Å². The second kappa shape index (κ2) is 5.23. The molecule has 7 nitrogen and oxygen atoms in total. The molecule has 1 fully saturated rings. The van der Waals surface area contributed by atoms with Crippen molar-refractivity contribution in [1.82, 2.24) is 5.32 Å². The average Bonchev–Trinajstić information content (AvgIpc) is 2.35. The molecule has 1 amide bonds. The van der Waals surface area contributed by atoms with Gasteiger partial charge < -0.3 is 15.2 Å². The molecule has 0 aromatic heterocycles. The van der Waals surface area contributed by atoms with Crippen LogP contribution in [0.5, 0.6) is 5.75 Å². The lowest BCUT2D eigenvalue weighted by molar-refractivity contribution is -0.386. The molecular formula is C12H14N2O5. The molecule has 0 bridgehead atoms. The lowest BCUT2D eigenvalue weighted by Crippen LogP contribution is -2.38. The van der Waals surface area contributed by atoms with E-state index in [4.69, 9.17) is 4.74 Å². The predicted molar refractivity (Wildman–Crippen MR) is 66.1 cm³/mol. The second-order valence-corrected chi connectivity index (χ2v) is 4.36. The molecule has 1 aromatic rings. The van der Waals surface area contributed by atoms with Gasteiger partial charge in [0.2, 0.25) is 5.75 Å². The number of nitro benzene ring substituents is 1. The monoisotopic (exact) mass is 266 g/mol. The van der Waals surface area contributed by atoms with Gasteiger partial charge in [-0.05, 0) is 6.07 Å². The smallest absolute Gasteiger partial charge is 0.311 e. The van der Waals surface area contributed by atoms with E-state index in [9.17, 15) is 20.0 Å². The summed E-state index contributed by atoms with van der Waals surface area (Å²) in [7, 11) is 1.44. The second-order valence-electron chi connectivity index (χ2n) is 4.36. The number of benzene rings is 1. The van der Waals surface area contributed by atoms with Crippen molar-refractivity contribution in [2.75, 3.05) is 7.05 Å². The number of ether oxygens (including phenoxy) is 1. The molecule has 0 spiro atoms. The first-order chi connectivity index (χ1) is 9.02. The van der Waals surface area contributed by atoms with Crippen molar-refractivity contribution in [3.8, 4) is 5.75 Å². The topological polar surface area (TPSA) is 102 Å². The number of aliphatic hydroxyl groups excluding tert-OH is 1. The number of carbonyl (C=O) groups is 1. The first-order valence-electron chi connectivity index (χ1n) is 5.87. The zero-order valence-corrected chi connectivity index (χ0v) is 10.3. The van der Waals surface area contributed by atoms with Crippen molar-refractivity contribution in [3.63, 3.8) is 0 Å². The largest absolute Gasteiger partial charge is 0.483 e. The zero-order chi connectivity index (χ0) is 14.0. The van der Waals surface area contributed by atoms with E-state index in [0.29, 0.717) is 12.8 Å². The van der Waals surface area contributed by atoms with Crippen LogP contribution in [0, 0.1) is 10.1 Å². The standard InChI is InChI=1S/C12H14N2O5/c1-13-12(16)9-3-2-4-10(14(17)18)11(9)19-8-5-7(15)6-8/h2-4,7-8,15H,5-6H2,1H3,(H,13,16). The molecule has 0 aliphatic heterocycles. The van der Waals surface area contributed by atoms with Crippen LogP contribution in [0.15, 0.2) is 18.2 Å². The van der Waals surface area contributed by atoms with E-state index in [1.165, 1.54) is 25.2 Å². The van der Waals surface area contributed by atoms with Crippen LogP contribution in [-0.2, 0) is 0 Å². The maximum atomic E-state index is 11.7. The van der Waals surface area contributed by atoms with Crippen molar-refractivity contribution in [2.24, 2.45) is 0 Å². The van der Waals surface area contributed by atoms with Crippen LogP contribution in [0.3, 0.4) is 0 Å². The molecule has 0 atom stereocenters. The zero-order valence-electron chi connectivity index (χ0n) is 10.3. The number of carbonyl (C=O) groups excluding carboxylic acids is 1. The van der Waals surface area contributed by atoms with Crippen LogP contribution in [0.25, 0.3) is 0 Å². The summed E-state index contributed by atoms with van der Waals surface area (Å²) in [6.07, 6.45) is 0.106. The Balaban J connectivity index is 2.35. The van der Waals surface area contributed by atoms with Crippen molar-refractivity contribution < 1.29 is 19.6 Å². The van der Waals surface area contributed by atoms with Crippen LogP contribution in [-0.4, -0.2) is 35.2 Å². The summed E-state index contributed by atoms with van der Waals surface area (Å²) >= 11 is 0. The van der Waals surface area contributed by atoms with Crippen LogP contribution in [0.2, 0.25) is 0 Å². The van der Waals surface area contributed by atoms with Crippen LogP contribution >= 0.6 is 0 Å². The third kappa shape index (κ3) is 2.65. The molecule has 2 N–H and O–H groups in total. The van der Waals surface area contributed by atoms with E-state index in [1.807, 2.05) is 0 Å². The minimum atomic E-state index is -0.586. The van der Waals surface area contributed by atoms with Crippen LogP contribution < -0.4 is 10.1 Å². The fourth-order valence-corrected chi connectivity index (χ4v) is 1.91. The molecule has 0 radical (unpaired) electrons. The highest BCUT2D eigenvalue weighted by molar-refractivity contribution is 5.98. The van der Waals surface area contributed by atoms with Crippen molar-refractivity contribution >= 4 is 11.6 Å². The Bertz CT molecular complexity index is 511. The highest BCUT2D eigenvalue weighted by Crippen LogP contribution is 2.35. The Hall–Kier alpha value is -2.15. The number of amides is 1. The van der Waals surface area contributed by atoms with Crippen molar-refractivity contribution in [2.45, 2.75) is 25.0 Å². The van der Waals surface area contributed by atoms with Gasteiger partial charge in [0.15, 0.2) is 0 Å². The lowest BCUT2D eigenvalue weighted by Gasteiger charge is -2.31. The Morgan fingerprint density at radius 1 is 1.53 bits per heavy atom. The molecule has 1 aliphatic rings. The Kier molecular flexibility index (Phi) is 3.66. The van der Waals surface area contributed by atoms with Crippen LogP contribution in [0.1, 0.15) is 23.2 Å². The highest BCUT2D eigenvalue weighted by Gasteiger charge is 2.33. The third-order valence-corrected chi connectivity index (χ3v) is 3.02. The molecular weight excluding hydrogens is 252 g/mol. The van der Waals surface area contributed by atoms with Gasteiger partial charge in [-0.2, -0.15) is 0 Å². The van der Waals surface area contributed by atoms with Gasteiger partial charge in [-0.15, -0.1) is 0 Å². The summed E-state index contributed by atoms with van der Waals surface area (Å²) in [5.41, 5.74) is -0.124. The molecule has 102 valence electrons. The van der Waals surface area contributed by atoms with E-state index in [2.05, 4.69) is 5.32 Å². The molecule has 1 saturated carbocycles. The van der Waals surface area contributed by atoms with Crippen molar-refractivity contribution in [3.05, 3.63) is 33.9 Å². The van der Waals surface area contributed by atoms with E-state index in [-0.39, 0.29) is 23.1 Å². The van der Waals surface area contributed by atoms with Gasteiger partial charge in [-0.3, -0.25) is 14.9 Å². The van der Waals surface area contributed by atoms with E-state index >= 15 is 0 Å². The number of hydrogen-bond acceptors (Lipinski definition) is 5. The van der Waals surface area contributed by atoms with Gasteiger partial charge in [-0.25, -0.2) is 0 Å². The third-order valence-electron chi connectivity index (χ3n) is 3.02. The molecule has 1 aliphatic carbocycles. The van der Waals surface area contributed by atoms with Crippen LogP contribution in [0.4, 0.5) is 5.69 Å². The summed E-state index contributed by atoms with van der Waals surface area (Å²) in [6, 6.07) is 4.19. The minimum absolute atomic E-state index is 0.0382. The van der Waals surface area contributed by atoms with E-state index < -0.39 is 16.9 Å². The maximum Gasteiger partial charge on any atom is 0.311 e. The number of rotatable bonds is 4. The van der Waals surface area contributed by atoms with E-state index in [1.54, 1.807) is 0 Å². The van der Waals surface area contributed by atoms with Gasteiger partial charge in [0.05, 0.1) is 16.6 Å². The maximum absolute atomic E-state index is 11.7. The number of nitrogens with one attached hydrogen (secondary N) is 1. The molecule has 19 heavy (non-hydrogen) atoms. The van der Waals surface area contributed by atoms with Gasteiger partial charge in [0.25, 0.3) is 5.91 Å². The number of nitrogens with zero attached hydrogens (tertiary/aromatic N) is 1. The Labute approximate surface area is 109 Å². The van der Waals surface area contributed by atoms with Gasteiger partial charge in [-0.1, -0.05) is 6.07 Å². The fraction of sp³-hybridized carbons (Fsp3) is 0.417. The number of aliphatic hydroxyl groups is 1. The molecule has 1 aromatic carbocycles. The first-order valence-corrected chi connectivity index (χ1v) is 5.87. The lowest BCUT2D eigenvalue weighted by atomic mass is 9.92. The summed E-state index contributed by atoms with van der Waals surface area (Å²) in [5, 5.41) is 22.6. The van der Waals surface area contributed by atoms with E-state index in [0.717, 1.165) is 0 Å². The molecule has 2 rings (SSSR count).